The minimum atomic E-state index is -3.86. The van der Waals surface area contributed by atoms with Gasteiger partial charge in [0.05, 0.1) is 32.9 Å². The van der Waals surface area contributed by atoms with Crippen molar-refractivity contribution in [1.82, 2.24) is 14.3 Å². The molecule has 0 saturated carbocycles. The van der Waals surface area contributed by atoms with Crippen LogP contribution in [0.25, 0.3) is 0 Å². The van der Waals surface area contributed by atoms with Gasteiger partial charge >= 0.3 is 6.01 Å². The zero-order chi connectivity index (χ0) is 21.9. The highest BCUT2D eigenvalue weighted by Crippen LogP contribution is 2.29. The van der Waals surface area contributed by atoms with Crippen LogP contribution in [0.2, 0.25) is 10.0 Å². The summed E-state index contributed by atoms with van der Waals surface area (Å²) in [7, 11) is -3.86. The normalized spacial score (nSPS) is 12.7. The maximum Gasteiger partial charge on any atom is 0.302 e. The molecule has 0 aliphatic heterocycles. The van der Waals surface area contributed by atoms with Gasteiger partial charge in [0.15, 0.2) is 0 Å². The van der Waals surface area contributed by atoms with Gasteiger partial charge in [0.1, 0.15) is 11.6 Å². The van der Waals surface area contributed by atoms with E-state index in [0.29, 0.717) is 24.4 Å². The van der Waals surface area contributed by atoms with Crippen LogP contribution in [0.5, 0.6) is 11.8 Å². The molecule has 3 rings (SSSR count). The molecule has 2 aromatic carbocycles. The largest absolute Gasteiger partial charge is 0.426 e. The van der Waals surface area contributed by atoms with E-state index < -0.39 is 16.1 Å². The quantitative estimate of drug-likeness (QED) is 0.465. The molecule has 1 atom stereocenters. The first-order valence-corrected chi connectivity index (χ1v) is 11.4. The maximum absolute atomic E-state index is 13.1. The van der Waals surface area contributed by atoms with E-state index in [1.165, 1.54) is 42.5 Å². The molecule has 1 heterocycles. The summed E-state index contributed by atoms with van der Waals surface area (Å²) in [5.74, 6) is 0.0531. The zero-order valence-electron chi connectivity index (χ0n) is 16.3. The monoisotopic (exact) mass is 471 g/mol. The third kappa shape index (κ3) is 4.95. The topological polar surface area (TPSA) is 73.2 Å². The highest BCUT2D eigenvalue weighted by molar-refractivity contribution is 7.89. The van der Waals surface area contributed by atoms with Crippen LogP contribution in [-0.4, -0.2) is 18.0 Å². The molecule has 0 aliphatic carbocycles. The number of benzene rings is 2. The van der Waals surface area contributed by atoms with Gasteiger partial charge in [0.2, 0.25) is 10.0 Å². The maximum atomic E-state index is 13.1. The zero-order valence-corrected chi connectivity index (χ0v) is 18.6. The van der Waals surface area contributed by atoms with Crippen molar-refractivity contribution in [2.24, 2.45) is 0 Å². The highest BCUT2D eigenvalue weighted by atomic mass is 35.5. The van der Waals surface area contributed by atoms with E-state index in [1.807, 2.05) is 13.8 Å². The molecule has 1 aromatic heterocycles. The van der Waals surface area contributed by atoms with Gasteiger partial charge in [-0.15, -0.1) is 0 Å². The molecule has 0 radical (unpaired) electrons. The van der Waals surface area contributed by atoms with Crippen molar-refractivity contribution in [2.75, 3.05) is 0 Å². The van der Waals surface area contributed by atoms with Gasteiger partial charge in [0.25, 0.3) is 0 Å². The lowest BCUT2D eigenvalue weighted by molar-refractivity contribution is 0.405. The number of hydrogen-bond acceptors (Lipinski definition) is 4. The Morgan fingerprint density at radius 3 is 2.43 bits per heavy atom. The number of aromatic nitrogens is 2. The fraction of sp³-hybridized carbons (Fsp3) is 0.250. The Morgan fingerprint density at radius 1 is 1.13 bits per heavy atom. The average molecular weight is 472 g/mol. The van der Waals surface area contributed by atoms with Gasteiger partial charge in [-0.3, -0.25) is 4.57 Å². The Hall–Kier alpha value is -2.13. The average Bonchev–Trinajstić information content (AvgIpc) is 3.12. The third-order valence-corrected chi connectivity index (χ3v) is 6.66. The molecule has 0 unspecified atom stereocenters. The van der Waals surface area contributed by atoms with Crippen LogP contribution in [0.3, 0.4) is 0 Å². The van der Waals surface area contributed by atoms with Gasteiger partial charge in [-0.25, -0.2) is 22.5 Å². The van der Waals surface area contributed by atoms with Crippen LogP contribution < -0.4 is 9.46 Å². The van der Waals surface area contributed by atoms with Crippen molar-refractivity contribution in [3.8, 4) is 11.8 Å². The number of imidazole rings is 1. The summed E-state index contributed by atoms with van der Waals surface area (Å²) in [5.41, 5.74) is 0.640. The number of hydrogen-bond donors (Lipinski definition) is 1. The molecule has 0 aliphatic rings. The molecular formula is C20H20Cl2FN3O3S. The molecule has 30 heavy (non-hydrogen) atoms. The summed E-state index contributed by atoms with van der Waals surface area (Å²) >= 11 is 11.9. The predicted molar refractivity (Wildman–Crippen MR) is 114 cm³/mol. The van der Waals surface area contributed by atoms with Crippen LogP contribution >= 0.6 is 23.2 Å². The second-order valence-electron chi connectivity index (χ2n) is 6.42. The molecule has 0 amide bonds. The first-order chi connectivity index (χ1) is 14.2. The van der Waals surface area contributed by atoms with E-state index >= 15 is 0 Å². The fourth-order valence-corrected chi connectivity index (χ4v) is 4.59. The fourth-order valence-electron chi connectivity index (χ4n) is 2.91. The Labute approximate surface area is 184 Å². The second kappa shape index (κ2) is 9.34. The molecule has 0 saturated heterocycles. The predicted octanol–water partition coefficient (Wildman–Crippen LogP) is 5.57. The number of sulfonamides is 1. The number of ether oxygens (including phenoxy) is 1. The van der Waals surface area contributed by atoms with Crippen molar-refractivity contribution in [3.63, 3.8) is 0 Å². The van der Waals surface area contributed by atoms with Crippen LogP contribution in [0, 0.1) is 5.82 Å². The van der Waals surface area contributed by atoms with E-state index in [1.54, 1.807) is 10.8 Å². The Balaban J connectivity index is 1.88. The summed E-state index contributed by atoms with van der Waals surface area (Å²) < 4.78 is 49.0. The third-order valence-electron chi connectivity index (χ3n) is 4.45. The van der Waals surface area contributed by atoms with Gasteiger partial charge in [-0.2, -0.15) is 0 Å². The second-order valence-corrected chi connectivity index (χ2v) is 8.95. The van der Waals surface area contributed by atoms with Crippen molar-refractivity contribution >= 4 is 33.2 Å². The highest BCUT2D eigenvalue weighted by Gasteiger charge is 2.25. The Kier molecular flexibility index (Phi) is 7.02. The van der Waals surface area contributed by atoms with Crippen LogP contribution in [0.4, 0.5) is 4.39 Å². The lowest BCUT2D eigenvalue weighted by Gasteiger charge is -2.19. The number of rotatable bonds is 8. The van der Waals surface area contributed by atoms with E-state index in [9.17, 15) is 12.8 Å². The van der Waals surface area contributed by atoms with Crippen molar-refractivity contribution in [3.05, 3.63) is 70.2 Å². The van der Waals surface area contributed by atoms with Gasteiger partial charge in [-0.1, -0.05) is 30.1 Å². The molecule has 6 nitrogen and oxygen atoms in total. The summed E-state index contributed by atoms with van der Waals surface area (Å²) in [6, 6.07) is 9.43. The molecule has 10 heteroatoms. The molecular weight excluding hydrogens is 452 g/mol. The van der Waals surface area contributed by atoms with Crippen molar-refractivity contribution < 1.29 is 17.5 Å². The summed E-state index contributed by atoms with van der Waals surface area (Å²) in [5, 5.41) is 0.426. The Morgan fingerprint density at radius 2 is 1.83 bits per heavy atom. The summed E-state index contributed by atoms with van der Waals surface area (Å²) in [4.78, 5) is 4.29. The smallest absolute Gasteiger partial charge is 0.302 e. The number of nitrogens with zero attached hydrogens (tertiary/aromatic N) is 2. The van der Waals surface area contributed by atoms with Gasteiger partial charge in [0, 0.05) is 6.54 Å². The van der Waals surface area contributed by atoms with E-state index in [2.05, 4.69) is 9.71 Å². The standard InChI is InChI=1S/C20H20Cl2FN3O3S/c1-3-18(25-30(27,28)15-9-10-16(21)17(22)11-15)19-12-24-20(26(19)4-2)29-14-7-5-13(23)6-8-14/h5-12,18,25H,3-4H2,1-2H3/t18-/m0/s1. The van der Waals surface area contributed by atoms with Crippen molar-refractivity contribution in [2.45, 2.75) is 37.8 Å². The SMILES string of the molecule is CC[C@H](NS(=O)(=O)c1ccc(Cl)c(Cl)c1)c1cnc(Oc2ccc(F)cc2)n1CC. The van der Waals surface area contributed by atoms with Crippen LogP contribution in [0.15, 0.2) is 53.6 Å². The minimum Gasteiger partial charge on any atom is -0.426 e. The first-order valence-electron chi connectivity index (χ1n) is 9.21. The van der Waals surface area contributed by atoms with Crippen molar-refractivity contribution in [1.29, 1.82) is 0 Å². The molecule has 1 N–H and O–H groups in total. The minimum absolute atomic E-state index is 0.0145. The van der Waals surface area contributed by atoms with Crippen LogP contribution in [-0.2, 0) is 16.6 Å². The van der Waals surface area contributed by atoms with E-state index in [-0.39, 0.29) is 26.8 Å². The van der Waals surface area contributed by atoms with Crippen LogP contribution in [0.1, 0.15) is 32.0 Å². The van der Waals surface area contributed by atoms with E-state index in [4.69, 9.17) is 27.9 Å². The summed E-state index contributed by atoms with van der Waals surface area (Å²) in [6.45, 7) is 4.25. The summed E-state index contributed by atoms with van der Waals surface area (Å²) in [6.07, 6.45) is 2.04. The molecule has 0 bridgehead atoms. The van der Waals surface area contributed by atoms with Gasteiger partial charge in [-0.05, 0) is 55.8 Å². The molecule has 0 fully saturated rings. The lowest BCUT2D eigenvalue weighted by atomic mass is 10.2. The molecule has 0 spiro atoms. The van der Waals surface area contributed by atoms with Gasteiger partial charge < -0.3 is 4.74 Å². The molecule has 160 valence electrons. The first kappa shape index (κ1) is 22.6. The Bertz CT molecular complexity index is 1130. The number of nitrogens with one attached hydrogen (secondary N) is 1. The molecule has 3 aromatic rings. The lowest BCUT2D eigenvalue weighted by Crippen LogP contribution is -2.29. The van der Waals surface area contributed by atoms with E-state index in [0.717, 1.165) is 0 Å². The number of halogens is 3.